The fraction of sp³-hybridized carbons (Fsp3) is 0.417. The van der Waals surface area contributed by atoms with Crippen molar-refractivity contribution in [1.82, 2.24) is 10.2 Å². The molecule has 1 N–H and O–H groups in total. The van der Waals surface area contributed by atoms with Gasteiger partial charge in [-0.1, -0.05) is 15.9 Å². The molecule has 0 spiro atoms. The Balaban J connectivity index is 0.00000256. The average molecular weight is 322 g/mol. The lowest BCUT2D eigenvalue weighted by Crippen LogP contribution is -2.27. The smallest absolute Gasteiger partial charge is 0.251 e. The maximum absolute atomic E-state index is 11.7. The molecule has 5 heteroatoms. The quantitative estimate of drug-likeness (QED) is 0.845. The maximum Gasteiger partial charge on any atom is 0.251 e. The van der Waals surface area contributed by atoms with E-state index in [9.17, 15) is 4.79 Å². The summed E-state index contributed by atoms with van der Waals surface area (Å²) in [5.74, 6) is -0.00810. The van der Waals surface area contributed by atoms with Crippen molar-refractivity contribution in [2.45, 2.75) is 6.42 Å². The second-order valence-corrected chi connectivity index (χ2v) is 4.84. The van der Waals surface area contributed by atoms with Crippen LogP contribution in [-0.2, 0) is 0 Å². The summed E-state index contributed by atoms with van der Waals surface area (Å²) in [6.07, 6.45) is 0.968. The highest BCUT2D eigenvalue weighted by atomic mass is 79.9. The molecule has 0 aliphatic rings. The van der Waals surface area contributed by atoms with E-state index in [2.05, 4.69) is 26.1 Å². The molecular formula is C12H18BrClN2O. The molecule has 3 nitrogen and oxygen atoms in total. The largest absolute Gasteiger partial charge is 0.352 e. The monoisotopic (exact) mass is 320 g/mol. The van der Waals surface area contributed by atoms with Crippen molar-refractivity contribution in [2.24, 2.45) is 0 Å². The van der Waals surface area contributed by atoms with Crippen molar-refractivity contribution in [1.29, 1.82) is 0 Å². The van der Waals surface area contributed by atoms with Crippen molar-refractivity contribution in [3.8, 4) is 0 Å². The van der Waals surface area contributed by atoms with E-state index in [4.69, 9.17) is 0 Å². The van der Waals surface area contributed by atoms with E-state index in [1.165, 1.54) is 0 Å². The molecule has 0 heterocycles. The molecule has 17 heavy (non-hydrogen) atoms. The zero-order chi connectivity index (χ0) is 12.0. The molecule has 0 radical (unpaired) electrons. The number of nitrogens with zero attached hydrogens (tertiary/aromatic N) is 1. The number of hydrogen-bond donors (Lipinski definition) is 1. The minimum absolute atomic E-state index is 0. The van der Waals surface area contributed by atoms with Crippen LogP contribution in [0.15, 0.2) is 28.7 Å². The zero-order valence-corrected chi connectivity index (χ0v) is 12.5. The molecule has 0 aliphatic heterocycles. The van der Waals surface area contributed by atoms with Gasteiger partial charge < -0.3 is 10.2 Å². The molecule has 0 aliphatic carbocycles. The second-order valence-electron chi connectivity index (χ2n) is 3.92. The van der Waals surface area contributed by atoms with Crippen LogP contribution in [0, 0.1) is 0 Å². The van der Waals surface area contributed by atoms with Crippen molar-refractivity contribution in [3.63, 3.8) is 0 Å². The Morgan fingerprint density at radius 3 is 2.41 bits per heavy atom. The van der Waals surface area contributed by atoms with Gasteiger partial charge in [0.25, 0.3) is 5.91 Å². The molecule has 0 atom stereocenters. The van der Waals surface area contributed by atoms with Crippen LogP contribution in [0.2, 0.25) is 0 Å². The van der Waals surface area contributed by atoms with Crippen molar-refractivity contribution in [3.05, 3.63) is 34.3 Å². The molecule has 1 rings (SSSR count). The molecule has 0 fully saturated rings. The molecular weight excluding hydrogens is 304 g/mol. The number of halogens is 2. The third-order valence-corrected chi connectivity index (χ3v) is 2.70. The Bertz CT molecular complexity index is 341. The van der Waals surface area contributed by atoms with Gasteiger partial charge in [-0.15, -0.1) is 12.4 Å². The van der Waals surface area contributed by atoms with Gasteiger partial charge in [0.2, 0.25) is 0 Å². The third kappa shape index (κ3) is 6.66. The van der Waals surface area contributed by atoms with Crippen LogP contribution >= 0.6 is 28.3 Å². The van der Waals surface area contributed by atoms with Gasteiger partial charge in [-0.3, -0.25) is 4.79 Å². The minimum atomic E-state index is -0.00810. The van der Waals surface area contributed by atoms with Gasteiger partial charge in [0.05, 0.1) is 0 Å². The predicted octanol–water partition coefficient (Wildman–Crippen LogP) is 2.55. The Morgan fingerprint density at radius 1 is 1.29 bits per heavy atom. The molecule has 1 amide bonds. The fourth-order valence-corrected chi connectivity index (χ4v) is 1.56. The fourth-order valence-electron chi connectivity index (χ4n) is 1.30. The average Bonchev–Trinajstić information content (AvgIpc) is 2.25. The van der Waals surface area contributed by atoms with Gasteiger partial charge in [0.15, 0.2) is 0 Å². The number of benzene rings is 1. The Morgan fingerprint density at radius 2 is 1.88 bits per heavy atom. The predicted molar refractivity (Wildman–Crippen MR) is 76.9 cm³/mol. The summed E-state index contributed by atoms with van der Waals surface area (Å²) in [7, 11) is 4.05. The first kappa shape index (κ1) is 16.4. The molecule has 0 saturated heterocycles. The van der Waals surface area contributed by atoms with Gasteiger partial charge in [-0.25, -0.2) is 0 Å². The summed E-state index contributed by atoms with van der Waals surface area (Å²) < 4.78 is 0.983. The van der Waals surface area contributed by atoms with Crippen LogP contribution in [0.25, 0.3) is 0 Å². The zero-order valence-electron chi connectivity index (χ0n) is 10.1. The van der Waals surface area contributed by atoms with E-state index in [-0.39, 0.29) is 18.3 Å². The molecule has 96 valence electrons. The Kier molecular flexibility index (Phi) is 8.21. The number of nitrogens with one attached hydrogen (secondary N) is 1. The summed E-state index contributed by atoms with van der Waals surface area (Å²) in [4.78, 5) is 13.8. The van der Waals surface area contributed by atoms with E-state index in [0.717, 1.165) is 17.4 Å². The van der Waals surface area contributed by atoms with Crippen molar-refractivity contribution in [2.75, 3.05) is 27.2 Å². The van der Waals surface area contributed by atoms with E-state index < -0.39 is 0 Å². The Labute approximate surface area is 117 Å². The van der Waals surface area contributed by atoms with Crippen LogP contribution in [0.3, 0.4) is 0 Å². The lowest BCUT2D eigenvalue weighted by Gasteiger charge is -2.09. The number of carbonyl (C=O) groups excluding carboxylic acids is 1. The molecule has 0 bridgehead atoms. The van der Waals surface area contributed by atoms with Gasteiger partial charge >= 0.3 is 0 Å². The molecule has 1 aromatic carbocycles. The summed E-state index contributed by atoms with van der Waals surface area (Å²) in [5, 5.41) is 2.89. The summed E-state index contributed by atoms with van der Waals surface area (Å²) in [6, 6.07) is 7.36. The van der Waals surface area contributed by atoms with Gasteiger partial charge in [-0.2, -0.15) is 0 Å². The highest BCUT2D eigenvalue weighted by molar-refractivity contribution is 9.10. The Hall–Kier alpha value is -0.580. The van der Waals surface area contributed by atoms with Gasteiger partial charge in [-0.05, 0) is 51.3 Å². The van der Waals surface area contributed by atoms with Crippen LogP contribution in [0.5, 0.6) is 0 Å². The van der Waals surface area contributed by atoms with Gasteiger partial charge in [0.1, 0.15) is 0 Å². The second kappa shape index (κ2) is 8.50. The van der Waals surface area contributed by atoms with Crippen LogP contribution in [-0.4, -0.2) is 38.0 Å². The normalized spacial score (nSPS) is 9.88. The first-order valence-electron chi connectivity index (χ1n) is 5.28. The van der Waals surface area contributed by atoms with Gasteiger partial charge in [0, 0.05) is 16.6 Å². The SMILES string of the molecule is CN(C)CCCNC(=O)c1ccc(Br)cc1.Cl. The molecule has 1 aromatic rings. The minimum Gasteiger partial charge on any atom is -0.352 e. The summed E-state index contributed by atoms with van der Waals surface area (Å²) in [5.41, 5.74) is 0.702. The standard InChI is InChI=1S/C12H17BrN2O.ClH/c1-15(2)9-3-8-14-12(16)10-4-6-11(13)7-5-10;/h4-7H,3,8-9H2,1-2H3,(H,14,16);1H. The highest BCUT2D eigenvalue weighted by Crippen LogP contribution is 2.10. The topological polar surface area (TPSA) is 32.3 Å². The number of rotatable bonds is 5. The number of carbonyl (C=O) groups is 1. The van der Waals surface area contributed by atoms with E-state index >= 15 is 0 Å². The van der Waals surface area contributed by atoms with E-state index in [1.54, 1.807) is 0 Å². The van der Waals surface area contributed by atoms with E-state index in [0.29, 0.717) is 12.1 Å². The highest BCUT2D eigenvalue weighted by Gasteiger charge is 2.03. The first-order chi connectivity index (χ1) is 7.59. The van der Waals surface area contributed by atoms with Crippen LogP contribution in [0.1, 0.15) is 16.8 Å². The van der Waals surface area contributed by atoms with E-state index in [1.807, 2.05) is 38.4 Å². The molecule has 0 saturated carbocycles. The first-order valence-corrected chi connectivity index (χ1v) is 6.07. The summed E-state index contributed by atoms with van der Waals surface area (Å²) >= 11 is 3.34. The van der Waals surface area contributed by atoms with Crippen LogP contribution in [0.4, 0.5) is 0 Å². The molecule has 0 aromatic heterocycles. The summed E-state index contributed by atoms with van der Waals surface area (Å²) in [6.45, 7) is 1.70. The third-order valence-electron chi connectivity index (χ3n) is 2.17. The molecule has 0 unspecified atom stereocenters. The number of amides is 1. The van der Waals surface area contributed by atoms with Crippen molar-refractivity contribution < 1.29 is 4.79 Å². The lowest BCUT2D eigenvalue weighted by molar-refractivity contribution is 0.0952. The van der Waals surface area contributed by atoms with Crippen molar-refractivity contribution >= 4 is 34.2 Å². The lowest BCUT2D eigenvalue weighted by atomic mass is 10.2. The number of hydrogen-bond acceptors (Lipinski definition) is 2. The van der Waals surface area contributed by atoms with Crippen LogP contribution < -0.4 is 5.32 Å². The maximum atomic E-state index is 11.7.